The SMILES string of the molecule is N#CCc1c(C(F)F)c[nH]c(=O)c1CBr. The summed E-state index contributed by atoms with van der Waals surface area (Å²) in [6.45, 7) is 0. The maximum absolute atomic E-state index is 12.6. The Hall–Kier alpha value is -1.22. The highest BCUT2D eigenvalue weighted by Crippen LogP contribution is 2.24. The Labute approximate surface area is 92.9 Å². The van der Waals surface area contributed by atoms with Gasteiger partial charge in [-0.25, -0.2) is 8.78 Å². The van der Waals surface area contributed by atoms with Crippen molar-refractivity contribution < 1.29 is 8.78 Å². The molecule has 0 fully saturated rings. The van der Waals surface area contributed by atoms with Crippen LogP contribution in [-0.2, 0) is 11.8 Å². The smallest absolute Gasteiger partial charge is 0.265 e. The summed E-state index contributed by atoms with van der Waals surface area (Å²) in [4.78, 5) is 13.5. The van der Waals surface area contributed by atoms with Gasteiger partial charge in [0, 0.05) is 22.7 Å². The largest absolute Gasteiger partial charge is 0.328 e. The van der Waals surface area contributed by atoms with Crippen LogP contribution in [0.1, 0.15) is 23.1 Å². The van der Waals surface area contributed by atoms with Crippen LogP contribution in [0.25, 0.3) is 0 Å². The van der Waals surface area contributed by atoms with Crippen LogP contribution in [0.4, 0.5) is 8.78 Å². The number of pyridine rings is 1. The Bertz CT molecular complexity index is 450. The minimum atomic E-state index is -2.69. The van der Waals surface area contributed by atoms with E-state index in [2.05, 4.69) is 20.9 Å². The quantitative estimate of drug-likeness (QED) is 0.861. The molecule has 6 heteroatoms. The van der Waals surface area contributed by atoms with Crippen LogP contribution in [0.5, 0.6) is 0 Å². The topological polar surface area (TPSA) is 56.6 Å². The molecule has 0 saturated carbocycles. The highest BCUT2D eigenvalue weighted by atomic mass is 79.9. The van der Waals surface area contributed by atoms with Gasteiger partial charge in [-0.05, 0) is 5.56 Å². The Kier molecular flexibility index (Phi) is 3.97. The summed E-state index contributed by atoms with van der Waals surface area (Å²) in [5.74, 6) is 0. The molecule has 0 radical (unpaired) electrons. The number of nitrogens with one attached hydrogen (secondary N) is 1. The second-order valence-corrected chi connectivity index (χ2v) is 3.36. The van der Waals surface area contributed by atoms with E-state index in [0.29, 0.717) is 0 Å². The Balaban J connectivity index is 3.43. The maximum atomic E-state index is 12.6. The molecule has 0 bridgehead atoms. The third-order valence-corrected chi connectivity index (χ3v) is 2.53. The van der Waals surface area contributed by atoms with Crippen molar-refractivity contribution in [3.05, 3.63) is 33.2 Å². The van der Waals surface area contributed by atoms with E-state index in [4.69, 9.17) is 5.26 Å². The molecule has 0 saturated heterocycles. The van der Waals surface area contributed by atoms with Gasteiger partial charge >= 0.3 is 0 Å². The molecular weight excluding hydrogens is 270 g/mol. The van der Waals surface area contributed by atoms with Crippen molar-refractivity contribution in [1.82, 2.24) is 4.98 Å². The minimum Gasteiger partial charge on any atom is -0.328 e. The van der Waals surface area contributed by atoms with E-state index < -0.39 is 12.0 Å². The second-order valence-electron chi connectivity index (χ2n) is 2.80. The summed E-state index contributed by atoms with van der Waals surface area (Å²) in [5.41, 5.74) is -0.422. The molecule has 0 amide bonds. The average molecular weight is 277 g/mol. The van der Waals surface area contributed by atoms with E-state index in [1.165, 1.54) is 0 Å². The first-order chi connectivity index (χ1) is 7.11. The first-order valence-electron chi connectivity index (χ1n) is 4.06. The average Bonchev–Trinajstić information content (AvgIpc) is 2.18. The molecule has 1 aromatic heterocycles. The predicted molar refractivity (Wildman–Crippen MR) is 54.0 cm³/mol. The van der Waals surface area contributed by atoms with Crippen molar-refractivity contribution in [3.63, 3.8) is 0 Å². The van der Waals surface area contributed by atoms with Gasteiger partial charge in [0.25, 0.3) is 12.0 Å². The Morgan fingerprint density at radius 1 is 1.53 bits per heavy atom. The zero-order valence-electron chi connectivity index (χ0n) is 7.56. The fourth-order valence-corrected chi connectivity index (χ4v) is 1.85. The van der Waals surface area contributed by atoms with Crippen molar-refractivity contribution in [2.24, 2.45) is 0 Å². The highest BCUT2D eigenvalue weighted by molar-refractivity contribution is 9.08. The predicted octanol–water partition coefficient (Wildman–Crippen LogP) is 2.27. The van der Waals surface area contributed by atoms with Gasteiger partial charge < -0.3 is 4.98 Å². The molecular formula is C9H7BrF2N2O. The number of alkyl halides is 3. The summed E-state index contributed by atoms with van der Waals surface area (Å²) in [5, 5.41) is 8.67. The molecule has 0 aromatic carbocycles. The van der Waals surface area contributed by atoms with Gasteiger partial charge in [-0.3, -0.25) is 4.79 Å². The number of hydrogen-bond donors (Lipinski definition) is 1. The van der Waals surface area contributed by atoms with E-state index >= 15 is 0 Å². The van der Waals surface area contributed by atoms with E-state index in [1.54, 1.807) is 6.07 Å². The number of nitrogens with zero attached hydrogens (tertiary/aromatic N) is 1. The maximum Gasteiger partial charge on any atom is 0.265 e. The van der Waals surface area contributed by atoms with Gasteiger partial charge in [-0.2, -0.15) is 5.26 Å². The molecule has 3 nitrogen and oxygen atoms in total. The Morgan fingerprint density at radius 3 is 2.67 bits per heavy atom. The monoisotopic (exact) mass is 276 g/mol. The van der Waals surface area contributed by atoms with E-state index in [0.717, 1.165) is 6.20 Å². The van der Waals surface area contributed by atoms with Gasteiger partial charge in [0.15, 0.2) is 0 Å². The number of halogens is 3. The molecule has 80 valence electrons. The van der Waals surface area contributed by atoms with Crippen LogP contribution >= 0.6 is 15.9 Å². The normalized spacial score (nSPS) is 10.3. The lowest BCUT2D eigenvalue weighted by atomic mass is 10.0. The zero-order valence-corrected chi connectivity index (χ0v) is 9.14. The molecule has 15 heavy (non-hydrogen) atoms. The number of aromatic amines is 1. The number of rotatable bonds is 3. The van der Waals surface area contributed by atoms with Crippen LogP contribution < -0.4 is 5.56 Å². The summed E-state index contributed by atoms with van der Waals surface area (Å²) in [6.07, 6.45) is -1.92. The van der Waals surface area contributed by atoms with Gasteiger partial charge in [0.1, 0.15) is 0 Å². The van der Waals surface area contributed by atoms with Gasteiger partial charge in [-0.15, -0.1) is 0 Å². The summed E-state index contributed by atoms with van der Waals surface area (Å²) < 4.78 is 25.1. The molecule has 0 spiro atoms. The van der Waals surface area contributed by atoms with E-state index in [9.17, 15) is 13.6 Å². The Morgan fingerprint density at radius 2 is 2.20 bits per heavy atom. The number of aromatic nitrogens is 1. The number of H-pyrrole nitrogens is 1. The van der Waals surface area contributed by atoms with E-state index in [-0.39, 0.29) is 28.4 Å². The fourth-order valence-electron chi connectivity index (χ4n) is 1.25. The van der Waals surface area contributed by atoms with E-state index in [1.807, 2.05) is 0 Å². The third-order valence-electron chi connectivity index (χ3n) is 1.97. The molecule has 0 atom stereocenters. The van der Waals surface area contributed by atoms with Gasteiger partial charge in [0.05, 0.1) is 12.5 Å². The third kappa shape index (κ3) is 2.42. The van der Waals surface area contributed by atoms with Crippen LogP contribution in [0.15, 0.2) is 11.0 Å². The molecule has 0 unspecified atom stereocenters. The van der Waals surface area contributed by atoms with Gasteiger partial charge in [0.2, 0.25) is 0 Å². The highest BCUT2D eigenvalue weighted by Gasteiger charge is 2.17. The van der Waals surface area contributed by atoms with Crippen molar-refractivity contribution in [3.8, 4) is 6.07 Å². The lowest BCUT2D eigenvalue weighted by Crippen LogP contribution is -2.16. The zero-order chi connectivity index (χ0) is 11.4. The lowest BCUT2D eigenvalue weighted by molar-refractivity contribution is 0.150. The van der Waals surface area contributed by atoms with Crippen LogP contribution in [0.2, 0.25) is 0 Å². The van der Waals surface area contributed by atoms with Crippen molar-refractivity contribution in [2.45, 2.75) is 18.2 Å². The first kappa shape index (κ1) is 11.9. The van der Waals surface area contributed by atoms with Crippen molar-refractivity contribution in [2.75, 3.05) is 0 Å². The van der Waals surface area contributed by atoms with Crippen LogP contribution in [-0.4, -0.2) is 4.98 Å². The second kappa shape index (κ2) is 5.03. The number of hydrogen-bond acceptors (Lipinski definition) is 2. The molecule has 0 aliphatic heterocycles. The molecule has 1 aromatic rings. The van der Waals surface area contributed by atoms with Crippen LogP contribution in [0.3, 0.4) is 0 Å². The molecule has 1 N–H and O–H groups in total. The standard InChI is InChI=1S/C9H7BrF2N2O/c10-3-6-5(1-2-13)7(8(11)12)4-14-9(6)15/h4,8H,1,3H2,(H,14,15). The van der Waals surface area contributed by atoms with Crippen molar-refractivity contribution >= 4 is 15.9 Å². The first-order valence-corrected chi connectivity index (χ1v) is 5.18. The summed E-state index contributed by atoms with van der Waals surface area (Å²) >= 11 is 3.04. The molecule has 1 heterocycles. The molecule has 1 rings (SSSR count). The lowest BCUT2D eigenvalue weighted by Gasteiger charge is -2.08. The van der Waals surface area contributed by atoms with Crippen LogP contribution in [0, 0.1) is 11.3 Å². The molecule has 0 aliphatic carbocycles. The fraction of sp³-hybridized carbons (Fsp3) is 0.333. The minimum absolute atomic E-state index is 0.119. The van der Waals surface area contributed by atoms with Gasteiger partial charge in [-0.1, -0.05) is 15.9 Å². The summed E-state index contributed by atoms with van der Waals surface area (Å²) in [6, 6.07) is 1.77. The number of nitriles is 1. The van der Waals surface area contributed by atoms with Crippen molar-refractivity contribution in [1.29, 1.82) is 5.26 Å². The molecule has 0 aliphatic rings. The summed E-state index contributed by atoms with van der Waals surface area (Å²) in [7, 11) is 0.